The number of halogens is 1. The van der Waals surface area contributed by atoms with E-state index in [1.165, 1.54) is 44.9 Å². The van der Waals surface area contributed by atoms with Crippen molar-refractivity contribution >= 4 is 62.6 Å². The Kier molecular flexibility index (Phi) is 22.7. The number of primary amides is 1. The van der Waals surface area contributed by atoms with Crippen LogP contribution < -0.4 is 62.4 Å². The van der Waals surface area contributed by atoms with E-state index in [4.69, 9.17) is 62.2 Å². The van der Waals surface area contributed by atoms with Gasteiger partial charge in [-0.3, -0.25) is 4.79 Å². The number of rotatable bonds is 18. The molecule has 8 heterocycles. The summed E-state index contributed by atoms with van der Waals surface area (Å²) in [6.07, 6.45) is 13.7. The molecule has 0 aromatic carbocycles. The Bertz CT molecular complexity index is 3270. The number of hydrogen-bond donors (Lipinski definition) is 7. The Morgan fingerprint density at radius 3 is 1.57 bits per heavy atom. The van der Waals surface area contributed by atoms with Gasteiger partial charge in [0.2, 0.25) is 23.6 Å². The molecule has 0 aliphatic carbocycles. The lowest BCUT2D eigenvalue weighted by Crippen LogP contribution is -2.13. The van der Waals surface area contributed by atoms with Crippen molar-refractivity contribution in [2.75, 3.05) is 56.1 Å². The second kappa shape index (κ2) is 29.7. The topological polar surface area (TPSA) is 407 Å². The molecule has 0 fully saturated rings. The maximum absolute atomic E-state index is 11.3. The van der Waals surface area contributed by atoms with Gasteiger partial charge >= 0.3 is 5.97 Å². The van der Waals surface area contributed by atoms with E-state index in [0.29, 0.717) is 51.8 Å². The van der Waals surface area contributed by atoms with Crippen LogP contribution in [-0.4, -0.2) is 105 Å². The number of pyridine rings is 4. The largest absolute Gasteiger partial charge is 0.481 e. The van der Waals surface area contributed by atoms with E-state index in [2.05, 4.69) is 108 Å². The van der Waals surface area contributed by atoms with E-state index in [9.17, 15) is 9.59 Å². The van der Waals surface area contributed by atoms with E-state index < -0.39 is 11.9 Å². The van der Waals surface area contributed by atoms with Crippen LogP contribution in [0.25, 0.3) is 5.57 Å². The third-order valence-electron chi connectivity index (χ3n) is 10.9. The highest BCUT2D eigenvalue weighted by Crippen LogP contribution is 2.36. The minimum Gasteiger partial charge on any atom is -0.481 e. The molecular weight excluding hydrogens is 1120 g/mol. The second-order valence-corrected chi connectivity index (χ2v) is 18.3. The number of carbonyl (C=O) groups is 2. The smallest absolute Gasteiger partial charge is 0.341 e. The molecule has 0 aliphatic heterocycles. The van der Waals surface area contributed by atoms with Crippen LogP contribution in [-0.2, 0) is 6.42 Å². The highest BCUT2D eigenvalue weighted by molar-refractivity contribution is 9.10. The number of ether oxygens (including phenoxy) is 6. The molecule has 12 N–H and O–H groups in total. The molecule has 0 saturated heterocycles. The summed E-state index contributed by atoms with van der Waals surface area (Å²) < 4.78 is 32.8. The third-order valence-corrected chi connectivity index (χ3v) is 11.3. The number of aromatic carboxylic acids is 1. The number of carboxylic acids is 1. The lowest BCUT2D eigenvalue weighted by Gasteiger charge is -2.16. The van der Waals surface area contributed by atoms with Gasteiger partial charge in [-0.15, -0.1) is 0 Å². The molecular formula is C54H63BrN18O9. The number of aromatic nitrogens is 12. The fourth-order valence-electron chi connectivity index (χ4n) is 6.79. The number of nitrogens with zero attached hydrogens (tertiary/aromatic N) is 12. The van der Waals surface area contributed by atoms with Gasteiger partial charge in [-0.25, -0.2) is 59.6 Å². The van der Waals surface area contributed by atoms with Crippen molar-refractivity contribution in [1.82, 2.24) is 59.8 Å². The fourth-order valence-corrected chi connectivity index (χ4v) is 7.10. The zero-order valence-corrected chi connectivity index (χ0v) is 48.3. The van der Waals surface area contributed by atoms with Crippen LogP contribution in [0.5, 0.6) is 52.1 Å². The molecule has 28 heteroatoms. The lowest BCUT2D eigenvalue weighted by molar-refractivity contribution is 0.0693. The Morgan fingerprint density at radius 2 is 1.09 bits per heavy atom. The Labute approximate surface area is 480 Å². The Balaban J connectivity index is 0.000000201. The number of nitrogens with one attached hydrogen (secondary N) is 1. The zero-order chi connectivity index (χ0) is 60.2. The molecule has 8 aromatic heterocycles. The molecule has 8 aromatic rings. The Morgan fingerprint density at radius 1 is 0.598 bits per heavy atom. The van der Waals surface area contributed by atoms with Crippen molar-refractivity contribution in [3.63, 3.8) is 0 Å². The highest BCUT2D eigenvalue weighted by Gasteiger charge is 2.19. The van der Waals surface area contributed by atoms with Gasteiger partial charge in [-0.05, 0) is 72.7 Å². The molecule has 0 saturated carbocycles. The number of methoxy groups -OCH3 is 3. The first kappa shape index (κ1) is 62.7. The zero-order valence-electron chi connectivity index (χ0n) is 46.7. The van der Waals surface area contributed by atoms with Crippen LogP contribution in [0.4, 0.5) is 29.2 Å². The summed E-state index contributed by atoms with van der Waals surface area (Å²) in [7, 11) is 4.45. The molecule has 0 radical (unpaired) electrons. The summed E-state index contributed by atoms with van der Waals surface area (Å²) in [5.74, 6) is 4.59. The summed E-state index contributed by atoms with van der Waals surface area (Å²) in [5, 5.41) is 12.3. The van der Waals surface area contributed by atoms with Gasteiger partial charge in [-0.1, -0.05) is 27.4 Å². The quantitative estimate of drug-likeness (QED) is 0.0397. The van der Waals surface area contributed by atoms with E-state index in [-0.39, 0.29) is 69.4 Å². The number of aryl methyl sites for hydroxylation is 3. The van der Waals surface area contributed by atoms with Gasteiger partial charge in [0.05, 0.1) is 39.9 Å². The fraction of sp³-hybridized carbons (Fsp3) is 0.259. The van der Waals surface area contributed by atoms with Crippen LogP contribution >= 0.6 is 15.9 Å². The summed E-state index contributed by atoms with van der Waals surface area (Å²) >= 11 is 3.37. The number of nitrogens with two attached hydrogens (primary N) is 5. The van der Waals surface area contributed by atoms with Crippen molar-refractivity contribution in [3.8, 4) is 52.1 Å². The molecule has 0 atom stereocenters. The molecule has 430 valence electrons. The van der Waals surface area contributed by atoms with Crippen molar-refractivity contribution in [3.05, 3.63) is 136 Å². The SMILES string of the molecule is C=C(C)c1cnc(OC)cc1Cc1cnc(C)nc1N.CCCNc1nc(N)ncc1Oc1cc(Br)ncc1C(C)C.COc1cc(Oc2cnc(C)nc2N)c(C(=O)O)cn1.COc1cc(Oc2cnc(C)nc2N)c(C(N)=O)cn1. The van der Waals surface area contributed by atoms with E-state index >= 15 is 0 Å². The standard InChI is InChI=1S/C15H20BrN5O.C15H18N4O.C12H13N5O3.C12H12N4O4/c1-4-5-18-14-12(8-20-15(17)21-14)22-11-6-13(16)19-7-10(11)9(2)3;1-9(2)13-8-18-14(20-4)6-11(13)5-12-7-17-10(3)19-15(12)16;1-6-15-5-9(11(13)17-6)20-8-3-10(19-2)16-4-7(8)12(14)18;1-6-14-5-9(11(13)16-6)20-8-3-10(19-2)15-4-7(8)12(17)18/h6-9H,4-5H2,1-3H3,(H3,17,18,20,21);6-8H,1,5H2,2-4H3,(H2,16,17,19);3-5H,1-2H3,(H2,14,18)(H2,13,15,17);3-5H,1-2H3,(H,17,18)(H2,13,14,16). The van der Waals surface area contributed by atoms with E-state index in [0.717, 1.165) is 52.7 Å². The first-order valence-corrected chi connectivity index (χ1v) is 25.4. The average Bonchev–Trinajstić information content (AvgIpc) is 3.65. The minimum absolute atomic E-state index is 0.0449. The molecule has 0 unspecified atom stereocenters. The number of carbonyl (C=O) groups excluding carboxylic acids is 1. The van der Waals surface area contributed by atoms with Crippen LogP contribution in [0, 0.1) is 20.8 Å². The summed E-state index contributed by atoms with van der Waals surface area (Å²) in [4.78, 5) is 71.1. The van der Waals surface area contributed by atoms with Gasteiger partial charge in [-0.2, -0.15) is 4.98 Å². The number of hydrogen-bond acceptors (Lipinski definition) is 25. The summed E-state index contributed by atoms with van der Waals surface area (Å²) in [6.45, 7) is 18.2. The van der Waals surface area contributed by atoms with Gasteiger partial charge in [0.15, 0.2) is 34.7 Å². The first-order chi connectivity index (χ1) is 39.0. The molecule has 27 nitrogen and oxygen atoms in total. The second-order valence-electron chi connectivity index (χ2n) is 17.5. The predicted octanol–water partition coefficient (Wildman–Crippen LogP) is 8.27. The highest BCUT2D eigenvalue weighted by atomic mass is 79.9. The molecule has 0 bridgehead atoms. The van der Waals surface area contributed by atoms with Gasteiger partial charge in [0, 0.05) is 79.3 Å². The van der Waals surface area contributed by atoms with Crippen molar-refractivity contribution < 1.29 is 43.1 Å². The van der Waals surface area contributed by atoms with Gasteiger partial charge in [0.25, 0.3) is 5.91 Å². The molecule has 0 aliphatic rings. The maximum Gasteiger partial charge on any atom is 0.341 e. The average molecular weight is 1190 g/mol. The number of nitrogen functional groups attached to an aromatic ring is 4. The van der Waals surface area contributed by atoms with Crippen LogP contribution in [0.3, 0.4) is 0 Å². The number of amides is 1. The van der Waals surface area contributed by atoms with Crippen molar-refractivity contribution in [1.29, 1.82) is 0 Å². The monoisotopic (exact) mass is 1190 g/mol. The number of allylic oxidation sites excluding steroid dienone is 1. The first-order valence-electron chi connectivity index (χ1n) is 24.7. The van der Waals surface area contributed by atoms with Gasteiger partial charge in [0.1, 0.15) is 56.3 Å². The normalized spacial score (nSPS) is 10.3. The van der Waals surface area contributed by atoms with Crippen LogP contribution in [0.2, 0.25) is 0 Å². The maximum atomic E-state index is 11.3. The molecule has 1 amide bonds. The van der Waals surface area contributed by atoms with E-state index in [1.54, 1.807) is 45.7 Å². The van der Waals surface area contributed by atoms with Gasteiger partial charge < -0.3 is 67.5 Å². The Hall–Kier alpha value is -10.1. The minimum atomic E-state index is -1.18. The number of carboxylic acid groups (broad SMARTS) is 1. The molecule has 0 spiro atoms. The number of anilines is 5. The summed E-state index contributed by atoms with van der Waals surface area (Å²) in [5.41, 5.74) is 33.1. The molecule has 8 rings (SSSR count). The molecule has 82 heavy (non-hydrogen) atoms. The summed E-state index contributed by atoms with van der Waals surface area (Å²) in [6, 6.07) is 6.51. The van der Waals surface area contributed by atoms with Crippen LogP contribution in [0.15, 0.2) is 85.0 Å². The van der Waals surface area contributed by atoms with Crippen LogP contribution in [0.1, 0.15) is 100 Å². The van der Waals surface area contributed by atoms with Crippen molar-refractivity contribution in [2.24, 2.45) is 5.73 Å². The third kappa shape index (κ3) is 18.0. The lowest BCUT2D eigenvalue weighted by atomic mass is 9.99. The van der Waals surface area contributed by atoms with Crippen molar-refractivity contribution in [2.45, 2.75) is 67.2 Å². The van der Waals surface area contributed by atoms with E-state index in [1.807, 2.05) is 26.0 Å². The predicted molar refractivity (Wildman–Crippen MR) is 310 cm³/mol.